The fourth-order valence-corrected chi connectivity index (χ4v) is 14.1. The minimum atomic E-state index is -4.68. The third-order valence-corrected chi connectivity index (χ3v) is 18.3. The summed E-state index contributed by atoms with van der Waals surface area (Å²) in [6.07, 6.45) is 8.30. The molecule has 6 aliphatic heterocycles. The molecule has 1 amide bonds. The second-order valence-corrected chi connectivity index (χ2v) is 23.7. The zero-order valence-electron chi connectivity index (χ0n) is 42.4. The Labute approximate surface area is 432 Å². The normalized spacial score (nSPS) is 24.5. The first-order valence-corrected chi connectivity index (χ1v) is 27.8. The molecule has 5 fully saturated rings. The number of hydrogen-bond acceptors (Lipinski definition) is 15. The van der Waals surface area contributed by atoms with Crippen LogP contribution in [0.5, 0.6) is 11.6 Å². The predicted octanol–water partition coefficient (Wildman–Crippen LogP) is 7.71. The second-order valence-electron chi connectivity index (χ2n) is 22.0. The number of hydrogen-bond donors (Lipinski definition) is 3. The Balaban J connectivity index is 0.779. The predicted molar refractivity (Wildman–Crippen MR) is 284 cm³/mol. The molecular weight excluding hydrogens is 961 g/mol. The van der Waals surface area contributed by atoms with Crippen LogP contribution in [0.3, 0.4) is 0 Å². The van der Waals surface area contributed by atoms with E-state index in [0.29, 0.717) is 60.2 Å². The molecule has 74 heavy (non-hydrogen) atoms. The van der Waals surface area contributed by atoms with Crippen molar-refractivity contribution in [3.63, 3.8) is 0 Å². The number of piperidine rings is 1. The number of ether oxygens (including phenoxy) is 3. The highest BCUT2D eigenvalue weighted by molar-refractivity contribution is 7.90. The number of rotatable bonds is 12. The van der Waals surface area contributed by atoms with E-state index in [1.807, 2.05) is 36.1 Å². The highest BCUT2D eigenvalue weighted by atomic mass is 32.2. The van der Waals surface area contributed by atoms with Gasteiger partial charge in [-0.2, -0.15) is 4.98 Å². The molecule has 1 spiro atoms. The quantitative estimate of drug-likeness (QED) is 0.0813. The van der Waals surface area contributed by atoms with Crippen molar-refractivity contribution >= 4 is 61.0 Å². The Bertz CT molecular complexity index is 3130. The van der Waals surface area contributed by atoms with Gasteiger partial charge in [0, 0.05) is 86.8 Å². The first-order valence-electron chi connectivity index (χ1n) is 26.4. The van der Waals surface area contributed by atoms with Crippen molar-refractivity contribution in [1.29, 1.82) is 0 Å². The number of benzene rings is 3. The molecule has 18 nitrogen and oxygen atoms in total. The van der Waals surface area contributed by atoms with Gasteiger partial charge in [-0.3, -0.25) is 29.6 Å². The van der Waals surface area contributed by atoms with Crippen LogP contribution in [-0.2, 0) is 14.8 Å². The van der Waals surface area contributed by atoms with Crippen molar-refractivity contribution in [3.05, 3.63) is 106 Å². The average Bonchev–Trinajstić information content (AvgIpc) is 4.06. The molecule has 7 aliphatic rings. The molecule has 12 rings (SSSR count). The minimum Gasteiger partial charge on any atom is -0.489 e. The fraction of sp³-hybridized carbons (Fsp3) is 0.491. The third kappa shape index (κ3) is 9.03. The number of allylic oxidation sites excluding steroid dienone is 1. The number of amides is 1. The monoisotopic (exact) mass is 1030 g/mol. The Morgan fingerprint density at radius 3 is 2.50 bits per heavy atom. The van der Waals surface area contributed by atoms with Crippen molar-refractivity contribution in [3.8, 4) is 11.6 Å². The number of aromatic nitrogens is 2. The number of piperazine rings is 1. The largest absolute Gasteiger partial charge is 0.489 e. The molecule has 5 aromatic rings. The number of aromatic amines is 1. The summed E-state index contributed by atoms with van der Waals surface area (Å²) in [5, 5.41) is 16.8. The number of H-pyrrole nitrogens is 1. The van der Waals surface area contributed by atoms with Crippen molar-refractivity contribution < 1.29 is 32.3 Å². The van der Waals surface area contributed by atoms with Gasteiger partial charge in [0.15, 0.2) is 11.4 Å². The molecule has 390 valence electrons. The number of carbonyl (C=O) groups is 1. The van der Waals surface area contributed by atoms with Crippen LogP contribution < -0.4 is 29.3 Å². The van der Waals surface area contributed by atoms with Crippen LogP contribution in [0.15, 0.2) is 84.4 Å². The number of carbonyl (C=O) groups excluding carboxylic acids is 1. The number of nitro groups is 1. The lowest BCUT2D eigenvalue weighted by atomic mass is 9.59. The van der Waals surface area contributed by atoms with E-state index in [-0.39, 0.29) is 41.2 Å². The number of likely N-dealkylation sites (tertiary alicyclic amines) is 1. The van der Waals surface area contributed by atoms with Crippen LogP contribution in [0, 0.1) is 15.5 Å². The third-order valence-electron chi connectivity index (χ3n) is 17.0. The summed E-state index contributed by atoms with van der Waals surface area (Å²) < 4.78 is 48.7. The van der Waals surface area contributed by atoms with E-state index in [0.717, 1.165) is 88.0 Å². The summed E-state index contributed by atoms with van der Waals surface area (Å²) in [4.78, 5) is 46.0. The van der Waals surface area contributed by atoms with E-state index in [9.17, 15) is 23.3 Å². The summed E-state index contributed by atoms with van der Waals surface area (Å²) in [5.74, 6) is -0.463. The van der Waals surface area contributed by atoms with E-state index in [4.69, 9.17) is 19.2 Å². The molecule has 4 saturated heterocycles. The molecule has 19 heteroatoms. The second kappa shape index (κ2) is 19.2. The van der Waals surface area contributed by atoms with Gasteiger partial charge in [-0.25, -0.2) is 13.1 Å². The maximum absolute atomic E-state index is 14.6. The molecule has 1 saturated carbocycles. The standard InChI is InChI=1S/C55H66N10O8S/c1-34(2)43-8-5-6-9-44(43)46-10-7-17-63(46)40-26-55(27-40)14-18-61(19-15-55)39-11-12-45(47(23-39)64-29-36(4)73-54-49(64)22-37-13-16-56-52(37)58-54)53(66)59-74(69,70)42-24-48(65(67)68)51-50(25-42)72-31-38(57-51)30-60-20-21-62(35(3)28-60)41-32-71-33-41/h5-6,8-9,11-13,16,22-25,35-36,38,40-41,46,57H,1,7,10,14-15,17-21,26-33H2,2-4H3,(H,56,58)(H,59,66)/t35-,36-,38+,46+/m1/s1. The van der Waals surface area contributed by atoms with Gasteiger partial charge in [0.25, 0.3) is 21.6 Å². The Kier molecular flexibility index (Phi) is 12.6. The first kappa shape index (κ1) is 48.7. The number of sulfonamides is 1. The van der Waals surface area contributed by atoms with E-state index < -0.39 is 31.4 Å². The zero-order valence-corrected chi connectivity index (χ0v) is 43.2. The number of anilines is 4. The fourth-order valence-electron chi connectivity index (χ4n) is 13.1. The van der Waals surface area contributed by atoms with Gasteiger partial charge in [0.05, 0.1) is 52.9 Å². The lowest BCUT2D eigenvalue weighted by Gasteiger charge is -2.56. The van der Waals surface area contributed by atoms with Gasteiger partial charge in [0.1, 0.15) is 24.0 Å². The SMILES string of the molecule is C=C(C)c1ccccc1[C@@H]1CCCN1C1CC2(CCN(c3ccc(C(=O)NS(=O)(=O)c4cc5c(c([N+](=O)[O-])c4)N[C@@H](CN4CCN(C6COC6)[C@H](C)C4)CO5)c(N4C[C@@H](C)Oc5nc6[nH]ccc6cc54)c3)CC2)C1. The van der Waals surface area contributed by atoms with Crippen LogP contribution in [0.4, 0.5) is 28.4 Å². The van der Waals surface area contributed by atoms with Gasteiger partial charge < -0.3 is 34.3 Å². The molecule has 0 unspecified atom stereocenters. The first-order chi connectivity index (χ1) is 35.7. The molecule has 2 aromatic heterocycles. The lowest BCUT2D eigenvalue weighted by molar-refractivity contribution is -0.384. The molecule has 0 radical (unpaired) electrons. The number of nitrogens with zero attached hydrogens (tertiary/aromatic N) is 7. The molecule has 4 atom stereocenters. The van der Waals surface area contributed by atoms with E-state index >= 15 is 0 Å². The van der Waals surface area contributed by atoms with E-state index in [2.05, 4.69) is 79.3 Å². The van der Waals surface area contributed by atoms with Crippen LogP contribution in [-0.4, -0.2) is 146 Å². The maximum Gasteiger partial charge on any atom is 0.297 e. The average molecular weight is 1030 g/mol. The van der Waals surface area contributed by atoms with Gasteiger partial charge in [-0.15, -0.1) is 0 Å². The van der Waals surface area contributed by atoms with Crippen LogP contribution in [0.1, 0.15) is 86.8 Å². The van der Waals surface area contributed by atoms with Crippen LogP contribution in [0.25, 0.3) is 16.6 Å². The zero-order chi connectivity index (χ0) is 51.0. The highest BCUT2D eigenvalue weighted by Crippen LogP contribution is 2.55. The molecule has 3 aromatic carbocycles. The minimum absolute atomic E-state index is 0.0318. The van der Waals surface area contributed by atoms with Crippen LogP contribution >= 0.6 is 0 Å². The highest BCUT2D eigenvalue weighted by Gasteiger charge is 2.50. The summed E-state index contributed by atoms with van der Waals surface area (Å²) >= 11 is 0. The van der Waals surface area contributed by atoms with E-state index in [1.54, 1.807) is 12.3 Å². The summed E-state index contributed by atoms with van der Waals surface area (Å²) in [7, 11) is -4.68. The lowest BCUT2D eigenvalue weighted by Crippen LogP contribution is -2.61. The molecule has 8 heterocycles. The number of fused-ring (bicyclic) bond motifs is 3. The summed E-state index contributed by atoms with van der Waals surface area (Å²) in [6, 6.07) is 21.9. The Morgan fingerprint density at radius 2 is 1.74 bits per heavy atom. The molecule has 1 aliphatic carbocycles. The summed E-state index contributed by atoms with van der Waals surface area (Å²) in [6.45, 7) is 18.5. The maximum atomic E-state index is 14.6. The van der Waals surface area contributed by atoms with E-state index in [1.165, 1.54) is 42.9 Å². The smallest absolute Gasteiger partial charge is 0.297 e. The molecule has 3 N–H and O–H groups in total. The van der Waals surface area contributed by atoms with Gasteiger partial charge in [-0.05, 0) is 113 Å². The molecule has 0 bridgehead atoms. The van der Waals surface area contributed by atoms with Crippen LogP contribution in [0.2, 0.25) is 0 Å². The number of nitro benzene ring substituents is 1. The number of nitrogens with one attached hydrogen (secondary N) is 3. The van der Waals surface area contributed by atoms with Crippen molar-refractivity contribution in [2.75, 3.05) is 87.3 Å². The summed E-state index contributed by atoms with van der Waals surface area (Å²) in [5.41, 5.74) is 6.54. The number of pyridine rings is 1. The van der Waals surface area contributed by atoms with Crippen molar-refractivity contribution in [2.45, 2.75) is 101 Å². The van der Waals surface area contributed by atoms with Crippen molar-refractivity contribution in [1.82, 2.24) is 29.4 Å². The van der Waals surface area contributed by atoms with Gasteiger partial charge >= 0.3 is 0 Å². The Hall–Kier alpha value is -6.25. The topological polar surface area (TPSA) is 191 Å². The van der Waals surface area contributed by atoms with Gasteiger partial charge in [0.2, 0.25) is 5.88 Å². The van der Waals surface area contributed by atoms with Crippen molar-refractivity contribution in [2.24, 2.45) is 5.41 Å². The Morgan fingerprint density at radius 1 is 0.932 bits per heavy atom. The van der Waals surface area contributed by atoms with Gasteiger partial charge in [-0.1, -0.05) is 36.4 Å². The molecular formula is C55H66N10O8S.